The Morgan fingerprint density at radius 1 is 1.67 bits per heavy atom. The van der Waals surface area contributed by atoms with Gasteiger partial charge in [-0.15, -0.1) is 11.3 Å². The molecule has 100 valence electrons. The number of aliphatic hydroxyl groups is 1. The minimum Gasteiger partial charge on any atom is -0.396 e. The molecule has 2 rings (SSSR count). The summed E-state index contributed by atoms with van der Waals surface area (Å²) in [5.41, 5.74) is 0. The van der Waals surface area contributed by atoms with Crippen LogP contribution in [0.15, 0.2) is 12.1 Å². The quantitative estimate of drug-likeness (QED) is 0.866. The maximum Gasteiger partial charge on any atom is 0.189 e. The zero-order valence-corrected chi connectivity index (χ0v) is 12.0. The van der Waals surface area contributed by atoms with Crippen molar-refractivity contribution in [3.05, 3.63) is 21.3 Å². The molecule has 1 aliphatic heterocycles. The fraction of sp³-hybridized carbons (Fsp3) is 0.615. The number of ketones is 1. The number of Topliss-reactive ketones (excluding diaryl/α,β-unsaturated/α-hetero) is 1. The van der Waals surface area contributed by atoms with Gasteiger partial charge in [0.15, 0.2) is 5.78 Å². The first-order valence-corrected chi connectivity index (χ1v) is 7.45. The highest BCUT2D eigenvalue weighted by molar-refractivity contribution is 7.18. The summed E-state index contributed by atoms with van der Waals surface area (Å²) in [5.74, 6) is 0.436. The van der Waals surface area contributed by atoms with E-state index in [0.717, 1.165) is 30.8 Å². The Kier molecular flexibility index (Phi) is 4.78. The maximum absolute atomic E-state index is 12.3. The minimum atomic E-state index is -0.130. The number of carbonyl (C=O) groups excluding carboxylic acids is 1. The molecule has 5 heteroatoms. The number of nitrogens with zero attached hydrogens (tertiary/aromatic N) is 1. The van der Waals surface area contributed by atoms with Gasteiger partial charge in [0.05, 0.1) is 15.3 Å². The first-order valence-electron chi connectivity index (χ1n) is 6.26. The minimum absolute atomic E-state index is 0.130. The molecule has 1 saturated heterocycles. The highest BCUT2D eigenvalue weighted by Crippen LogP contribution is 2.25. The van der Waals surface area contributed by atoms with E-state index in [-0.39, 0.29) is 18.4 Å². The topological polar surface area (TPSA) is 40.5 Å². The fourth-order valence-electron chi connectivity index (χ4n) is 2.42. The molecule has 1 N–H and O–H groups in total. The number of hydrogen-bond acceptors (Lipinski definition) is 4. The average molecular weight is 288 g/mol. The first kappa shape index (κ1) is 14.0. The fourth-order valence-corrected chi connectivity index (χ4v) is 3.48. The van der Waals surface area contributed by atoms with Crippen molar-refractivity contribution in [3.63, 3.8) is 0 Å². The highest BCUT2D eigenvalue weighted by Gasteiger charge is 2.28. The van der Waals surface area contributed by atoms with Crippen LogP contribution < -0.4 is 0 Å². The molecular formula is C13H18ClNO2S. The van der Waals surface area contributed by atoms with Crippen LogP contribution in [0.25, 0.3) is 0 Å². The molecule has 2 heterocycles. The number of likely N-dealkylation sites (tertiary alicyclic amines) is 1. The van der Waals surface area contributed by atoms with Crippen molar-refractivity contribution >= 4 is 28.7 Å². The van der Waals surface area contributed by atoms with Crippen LogP contribution in [0, 0.1) is 5.92 Å². The van der Waals surface area contributed by atoms with Crippen LogP contribution in [-0.4, -0.2) is 41.5 Å². The second kappa shape index (κ2) is 6.15. The summed E-state index contributed by atoms with van der Waals surface area (Å²) >= 11 is 7.19. The van der Waals surface area contributed by atoms with Crippen molar-refractivity contribution in [3.8, 4) is 0 Å². The predicted octanol–water partition coefficient (Wildman–Crippen LogP) is 2.68. The molecule has 3 nitrogen and oxygen atoms in total. The molecule has 0 amide bonds. The van der Waals surface area contributed by atoms with Gasteiger partial charge >= 0.3 is 0 Å². The van der Waals surface area contributed by atoms with Gasteiger partial charge < -0.3 is 5.11 Å². The number of aliphatic hydroxyl groups excluding tert-OH is 1. The molecule has 0 bridgehead atoms. The van der Waals surface area contributed by atoms with Crippen LogP contribution in [0.2, 0.25) is 4.34 Å². The molecule has 1 fully saturated rings. The highest BCUT2D eigenvalue weighted by atomic mass is 35.5. The van der Waals surface area contributed by atoms with Gasteiger partial charge in [0, 0.05) is 13.2 Å². The predicted molar refractivity (Wildman–Crippen MR) is 74.5 cm³/mol. The summed E-state index contributed by atoms with van der Waals surface area (Å²) in [6, 6.07) is 3.42. The molecule has 2 atom stereocenters. The molecule has 1 aliphatic rings. The SMILES string of the molecule is CC(C(=O)c1ccc(Cl)s1)N1CCCC(CO)C1. The van der Waals surface area contributed by atoms with Crippen LogP contribution in [-0.2, 0) is 0 Å². The summed E-state index contributed by atoms with van der Waals surface area (Å²) in [4.78, 5) is 15.2. The van der Waals surface area contributed by atoms with E-state index in [0.29, 0.717) is 10.3 Å². The lowest BCUT2D eigenvalue weighted by Gasteiger charge is -2.35. The average Bonchev–Trinajstić information content (AvgIpc) is 2.83. The molecule has 1 aromatic rings. The van der Waals surface area contributed by atoms with E-state index < -0.39 is 0 Å². The third-order valence-electron chi connectivity index (χ3n) is 3.55. The zero-order chi connectivity index (χ0) is 13.1. The molecule has 2 unspecified atom stereocenters. The van der Waals surface area contributed by atoms with E-state index >= 15 is 0 Å². The first-order chi connectivity index (χ1) is 8.61. The van der Waals surface area contributed by atoms with Crippen molar-refractivity contribution < 1.29 is 9.90 Å². The number of thiophene rings is 1. The molecule has 0 aliphatic carbocycles. The van der Waals surface area contributed by atoms with Crippen molar-refractivity contribution in [2.75, 3.05) is 19.7 Å². The van der Waals surface area contributed by atoms with E-state index in [9.17, 15) is 9.90 Å². The summed E-state index contributed by atoms with van der Waals surface area (Å²) in [6.45, 7) is 3.89. The van der Waals surface area contributed by atoms with E-state index in [1.807, 2.05) is 6.92 Å². The van der Waals surface area contributed by atoms with E-state index in [1.165, 1.54) is 11.3 Å². The lowest BCUT2D eigenvalue weighted by molar-refractivity contribution is 0.0677. The lowest BCUT2D eigenvalue weighted by atomic mass is 9.97. The number of hydrogen-bond donors (Lipinski definition) is 1. The molecule has 0 radical (unpaired) electrons. The Morgan fingerprint density at radius 3 is 3.06 bits per heavy atom. The number of rotatable bonds is 4. The van der Waals surface area contributed by atoms with Crippen LogP contribution in [0.3, 0.4) is 0 Å². The van der Waals surface area contributed by atoms with E-state index in [1.54, 1.807) is 12.1 Å². The van der Waals surface area contributed by atoms with Gasteiger partial charge in [-0.1, -0.05) is 11.6 Å². The third kappa shape index (κ3) is 3.12. The maximum atomic E-state index is 12.3. The Hall–Kier alpha value is -0.420. The van der Waals surface area contributed by atoms with Gasteiger partial charge in [-0.3, -0.25) is 9.69 Å². The monoisotopic (exact) mass is 287 g/mol. The van der Waals surface area contributed by atoms with Gasteiger partial charge in [-0.2, -0.15) is 0 Å². The summed E-state index contributed by atoms with van der Waals surface area (Å²) in [6.07, 6.45) is 2.10. The molecule has 0 saturated carbocycles. The molecule has 0 aromatic carbocycles. The second-order valence-electron chi connectivity index (χ2n) is 4.83. The van der Waals surface area contributed by atoms with Crippen molar-refractivity contribution in [2.24, 2.45) is 5.92 Å². The van der Waals surface area contributed by atoms with Gasteiger partial charge in [0.25, 0.3) is 0 Å². The summed E-state index contributed by atoms with van der Waals surface area (Å²) < 4.78 is 0.650. The number of halogens is 1. The largest absolute Gasteiger partial charge is 0.396 e. The molecular weight excluding hydrogens is 270 g/mol. The molecule has 18 heavy (non-hydrogen) atoms. The standard InChI is InChI=1S/C13H18ClNO2S/c1-9(13(17)11-4-5-12(14)18-11)15-6-2-3-10(7-15)8-16/h4-5,9-10,16H,2-3,6-8H2,1H3. The van der Waals surface area contributed by atoms with Crippen molar-refractivity contribution in [1.29, 1.82) is 0 Å². The van der Waals surface area contributed by atoms with Crippen LogP contribution in [0.1, 0.15) is 29.4 Å². The lowest BCUT2D eigenvalue weighted by Crippen LogP contribution is -2.45. The van der Waals surface area contributed by atoms with E-state index in [2.05, 4.69) is 4.90 Å². The third-order valence-corrected chi connectivity index (χ3v) is 4.80. The Balaban J connectivity index is 2.02. The van der Waals surface area contributed by atoms with Crippen molar-refractivity contribution in [1.82, 2.24) is 4.90 Å². The van der Waals surface area contributed by atoms with Gasteiger partial charge in [0.1, 0.15) is 0 Å². The Bertz CT molecular complexity index is 421. The van der Waals surface area contributed by atoms with Gasteiger partial charge in [0.2, 0.25) is 0 Å². The zero-order valence-electron chi connectivity index (χ0n) is 10.4. The van der Waals surface area contributed by atoms with Crippen molar-refractivity contribution in [2.45, 2.75) is 25.8 Å². The van der Waals surface area contributed by atoms with E-state index in [4.69, 9.17) is 11.6 Å². The number of piperidine rings is 1. The van der Waals surface area contributed by atoms with Gasteiger partial charge in [-0.25, -0.2) is 0 Å². The van der Waals surface area contributed by atoms with Crippen LogP contribution in [0.5, 0.6) is 0 Å². The summed E-state index contributed by atoms with van der Waals surface area (Å²) in [5, 5.41) is 9.22. The van der Waals surface area contributed by atoms with Crippen LogP contribution in [0.4, 0.5) is 0 Å². The van der Waals surface area contributed by atoms with Crippen LogP contribution >= 0.6 is 22.9 Å². The number of carbonyl (C=O) groups is 1. The smallest absolute Gasteiger partial charge is 0.189 e. The Labute approximate surface area is 116 Å². The molecule has 0 spiro atoms. The van der Waals surface area contributed by atoms with Gasteiger partial charge in [-0.05, 0) is 44.4 Å². The second-order valence-corrected chi connectivity index (χ2v) is 6.54. The normalized spacial score (nSPS) is 22.9. The Morgan fingerprint density at radius 2 is 2.44 bits per heavy atom. The molecule has 1 aromatic heterocycles. The summed E-state index contributed by atoms with van der Waals surface area (Å²) in [7, 11) is 0.